The number of benzene rings is 2. The molecule has 0 unspecified atom stereocenters. The summed E-state index contributed by atoms with van der Waals surface area (Å²) < 4.78 is 23.1. The molecule has 0 bridgehead atoms. The predicted octanol–water partition coefficient (Wildman–Crippen LogP) is 2.84. The lowest BCUT2D eigenvalue weighted by Gasteiger charge is -2.18. The van der Waals surface area contributed by atoms with E-state index in [2.05, 4.69) is 58.6 Å². The van der Waals surface area contributed by atoms with Crippen LogP contribution >= 0.6 is 0 Å². The summed E-state index contributed by atoms with van der Waals surface area (Å²) in [5, 5.41) is 6.67. The van der Waals surface area contributed by atoms with Crippen LogP contribution in [0.3, 0.4) is 0 Å². The number of aliphatic imine (C=N–C) groups is 1. The number of hydrogen-bond acceptors (Lipinski definition) is 4. The molecule has 164 valence electrons. The van der Waals surface area contributed by atoms with Gasteiger partial charge in [-0.15, -0.1) is 0 Å². The summed E-state index contributed by atoms with van der Waals surface area (Å²) in [4.78, 5) is 7.03. The van der Waals surface area contributed by atoms with E-state index in [1.54, 1.807) is 19.2 Å². The van der Waals surface area contributed by atoms with Gasteiger partial charge in [0, 0.05) is 32.9 Å². The highest BCUT2D eigenvalue weighted by Gasteiger charge is 2.06. The van der Waals surface area contributed by atoms with Crippen LogP contribution in [0.1, 0.15) is 30.5 Å². The van der Waals surface area contributed by atoms with Crippen LogP contribution in [0.25, 0.3) is 0 Å². The molecule has 0 atom stereocenters. The molecule has 2 N–H and O–H groups in total. The molecule has 0 saturated heterocycles. The Morgan fingerprint density at radius 3 is 2.23 bits per heavy atom. The maximum absolute atomic E-state index is 11.5. The van der Waals surface area contributed by atoms with Crippen molar-refractivity contribution >= 4 is 15.8 Å². The minimum Gasteiger partial charge on any atom is -0.356 e. The average Bonchev–Trinajstić information content (AvgIpc) is 2.74. The highest BCUT2D eigenvalue weighted by atomic mass is 32.2. The van der Waals surface area contributed by atoms with Crippen molar-refractivity contribution in [2.45, 2.75) is 38.3 Å². The first-order valence-electron chi connectivity index (χ1n) is 10.4. The quantitative estimate of drug-likeness (QED) is 0.448. The Morgan fingerprint density at radius 1 is 0.967 bits per heavy atom. The molecule has 0 fully saturated rings. The van der Waals surface area contributed by atoms with Crippen molar-refractivity contribution < 1.29 is 8.42 Å². The Hall–Kier alpha value is -2.38. The first-order chi connectivity index (χ1) is 14.4. The first-order valence-corrected chi connectivity index (χ1v) is 12.3. The summed E-state index contributed by atoms with van der Waals surface area (Å²) in [7, 11) is -1.39. The lowest BCUT2D eigenvalue weighted by atomic mass is 10.1. The summed E-state index contributed by atoms with van der Waals surface area (Å²) in [5.41, 5.74) is 3.62. The average molecular weight is 431 g/mol. The third-order valence-electron chi connectivity index (χ3n) is 5.03. The minimum atomic E-state index is -3.15. The molecule has 2 rings (SSSR count). The van der Waals surface area contributed by atoms with Crippen LogP contribution in [0.4, 0.5) is 0 Å². The largest absolute Gasteiger partial charge is 0.356 e. The van der Waals surface area contributed by atoms with Crippen molar-refractivity contribution in [2.75, 3.05) is 32.9 Å². The number of rotatable bonds is 10. The lowest BCUT2D eigenvalue weighted by molar-refractivity contribution is 0.296. The predicted molar refractivity (Wildman–Crippen MR) is 125 cm³/mol. The Balaban J connectivity index is 1.82. The Labute approximate surface area is 181 Å². The number of guanidine groups is 1. The molecule has 7 heteroatoms. The van der Waals surface area contributed by atoms with Gasteiger partial charge in [0.15, 0.2) is 15.8 Å². The number of nitrogens with zero attached hydrogens (tertiary/aromatic N) is 2. The van der Waals surface area contributed by atoms with Crippen LogP contribution in [0.5, 0.6) is 0 Å². The minimum absolute atomic E-state index is 0.347. The van der Waals surface area contributed by atoms with Gasteiger partial charge in [0.05, 0.1) is 4.90 Å². The molecule has 2 aromatic carbocycles. The van der Waals surface area contributed by atoms with Crippen molar-refractivity contribution in [3.63, 3.8) is 0 Å². The second-order valence-electron chi connectivity index (χ2n) is 7.30. The van der Waals surface area contributed by atoms with Gasteiger partial charge in [-0.05, 0) is 48.3 Å². The second-order valence-corrected chi connectivity index (χ2v) is 9.32. The molecular weight excluding hydrogens is 396 g/mol. The summed E-state index contributed by atoms with van der Waals surface area (Å²) >= 11 is 0. The molecular formula is C23H34N4O2S. The molecule has 0 aliphatic carbocycles. The summed E-state index contributed by atoms with van der Waals surface area (Å²) in [6, 6.07) is 15.7. The molecule has 0 saturated carbocycles. The third kappa shape index (κ3) is 7.80. The Bertz CT molecular complexity index is 920. The van der Waals surface area contributed by atoms with Crippen LogP contribution < -0.4 is 10.6 Å². The maximum atomic E-state index is 11.5. The molecule has 0 spiro atoms. The molecule has 0 amide bonds. The zero-order chi connectivity index (χ0) is 22.0. The van der Waals surface area contributed by atoms with Gasteiger partial charge in [-0.1, -0.05) is 50.2 Å². The SMILES string of the molecule is CCN(CC)Cc1cccc(CNC(=NC)NCCc2ccc(S(C)(=O)=O)cc2)c1. The van der Waals surface area contributed by atoms with Gasteiger partial charge in [-0.3, -0.25) is 9.89 Å². The normalized spacial score (nSPS) is 12.2. The summed E-state index contributed by atoms with van der Waals surface area (Å²) in [5.74, 6) is 0.747. The highest BCUT2D eigenvalue weighted by Crippen LogP contribution is 2.11. The van der Waals surface area contributed by atoms with Gasteiger partial charge in [-0.25, -0.2) is 8.42 Å². The van der Waals surface area contributed by atoms with Gasteiger partial charge in [-0.2, -0.15) is 0 Å². The summed E-state index contributed by atoms with van der Waals surface area (Å²) in [6.45, 7) is 8.84. The van der Waals surface area contributed by atoms with E-state index in [4.69, 9.17) is 0 Å². The Morgan fingerprint density at radius 2 is 1.63 bits per heavy atom. The van der Waals surface area contributed by atoms with Crippen molar-refractivity contribution in [3.8, 4) is 0 Å². The van der Waals surface area contributed by atoms with Gasteiger partial charge in [0.25, 0.3) is 0 Å². The van der Waals surface area contributed by atoms with Gasteiger partial charge >= 0.3 is 0 Å². The van der Waals surface area contributed by atoms with Crippen LogP contribution in [0.15, 0.2) is 58.4 Å². The highest BCUT2D eigenvalue weighted by molar-refractivity contribution is 7.90. The fourth-order valence-electron chi connectivity index (χ4n) is 3.18. The van der Waals surface area contributed by atoms with Crippen LogP contribution in [-0.2, 0) is 29.3 Å². The molecule has 2 aromatic rings. The second kappa shape index (κ2) is 11.7. The molecule has 0 radical (unpaired) electrons. The molecule has 30 heavy (non-hydrogen) atoms. The fourth-order valence-corrected chi connectivity index (χ4v) is 3.81. The molecule has 0 aromatic heterocycles. The van der Waals surface area contributed by atoms with E-state index in [0.717, 1.165) is 37.6 Å². The zero-order valence-electron chi connectivity index (χ0n) is 18.5. The third-order valence-corrected chi connectivity index (χ3v) is 6.16. The monoisotopic (exact) mass is 430 g/mol. The lowest BCUT2D eigenvalue weighted by Crippen LogP contribution is -2.37. The van der Waals surface area contributed by atoms with Crippen LogP contribution in [0.2, 0.25) is 0 Å². The van der Waals surface area contributed by atoms with Crippen molar-refractivity contribution in [2.24, 2.45) is 4.99 Å². The van der Waals surface area contributed by atoms with E-state index in [-0.39, 0.29) is 0 Å². The van der Waals surface area contributed by atoms with E-state index in [0.29, 0.717) is 18.0 Å². The number of hydrogen-bond donors (Lipinski definition) is 2. The Kier molecular flexibility index (Phi) is 9.33. The van der Waals surface area contributed by atoms with Crippen molar-refractivity contribution in [3.05, 3.63) is 65.2 Å². The number of nitrogens with one attached hydrogen (secondary N) is 2. The number of sulfone groups is 1. The van der Waals surface area contributed by atoms with E-state index in [1.165, 1.54) is 17.4 Å². The maximum Gasteiger partial charge on any atom is 0.191 e. The van der Waals surface area contributed by atoms with Crippen molar-refractivity contribution in [1.82, 2.24) is 15.5 Å². The van der Waals surface area contributed by atoms with Gasteiger partial charge < -0.3 is 10.6 Å². The topological polar surface area (TPSA) is 73.8 Å². The molecule has 0 heterocycles. The summed E-state index contributed by atoms with van der Waals surface area (Å²) in [6.07, 6.45) is 2.00. The standard InChI is InChI=1S/C23H34N4O2S/c1-5-27(6-2)18-21-9-7-8-20(16-21)17-26-23(24-3)25-15-14-19-10-12-22(13-11-19)30(4,28)29/h7-13,16H,5-6,14-15,17-18H2,1-4H3,(H2,24,25,26). The van der Waals surface area contributed by atoms with Crippen LogP contribution in [-0.4, -0.2) is 52.2 Å². The fraction of sp³-hybridized carbons (Fsp3) is 0.435. The smallest absolute Gasteiger partial charge is 0.191 e. The van der Waals surface area contributed by atoms with E-state index in [9.17, 15) is 8.42 Å². The van der Waals surface area contributed by atoms with Crippen molar-refractivity contribution in [1.29, 1.82) is 0 Å². The zero-order valence-corrected chi connectivity index (χ0v) is 19.3. The van der Waals surface area contributed by atoms with E-state index in [1.807, 2.05) is 12.1 Å². The molecule has 0 aliphatic heterocycles. The van der Waals surface area contributed by atoms with Gasteiger partial charge in [0.1, 0.15) is 0 Å². The van der Waals surface area contributed by atoms with Gasteiger partial charge in [0.2, 0.25) is 0 Å². The van der Waals surface area contributed by atoms with E-state index < -0.39 is 9.84 Å². The first kappa shape index (κ1) is 23.9. The molecule has 6 nitrogen and oxygen atoms in total. The van der Waals surface area contributed by atoms with Crippen LogP contribution in [0, 0.1) is 0 Å². The van der Waals surface area contributed by atoms with E-state index >= 15 is 0 Å². The molecule has 0 aliphatic rings.